The van der Waals surface area contributed by atoms with Crippen LogP contribution in [0, 0.1) is 6.92 Å². The molecule has 4 heteroatoms. The minimum Gasteiger partial charge on any atom is -0.364 e. The molecule has 2 heterocycles. The van der Waals surface area contributed by atoms with Gasteiger partial charge < -0.3 is 5.32 Å². The highest BCUT2D eigenvalue weighted by molar-refractivity contribution is 7.13. The van der Waals surface area contributed by atoms with Crippen molar-refractivity contribution in [3.63, 3.8) is 0 Å². The normalized spacial score (nSPS) is 13.0. The predicted octanol–water partition coefficient (Wildman–Crippen LogP) is 7.03. The van der Waals surface area contributed by atoms with Gasteiger partial charge in [-0.2, -0.15) is 0 Å². The molecule has 1 N–H and O–H groups in total. The summed E-state index contributed by atoms with van der Waals surface area (Å²) < 4.78 is 0. The number of pyridine rings is 1. The Balaban J connectivity index is 1.47. The van der Waals surface area contributed by atoms with Crippen LogP contribution >= 0.6 is 11.3 Å². The van der Waals surface area contributed by atoms with Gasteiger partial charge in [-0.3, -0.25) is 0 Å². The first-order valence-corrected chi connectivity index (χ1v) is 11.3. The van der Waals surface area contributed by atoms with E-state index >= 15 is 0 Å². The predicted molar refractivity (Wildman–Crippen MR) is 127 cm³/mol. The summed E-state index contributed by atoms with van der Waals surface area (Å²) in [5.41, 5.74) is 6.17. The molecule has 0 aliphatic rings. The maximum absolute atomic E-state index is 4.94. The van der Waals surface area contributed by atoms with E-state index in [0.29, 0.717) is 5.92 Å². The Kier molecular flexibility index (Phi) is 6.24. The fraction of sp³-hybridized carbons (Fsp3) is 0.231. The Hall–Kier alpha value is -2.98. The maximum Gasteiger partial charge on any atom is 0.127 e. The van der Waals surface area contributed by atoms with E-state index in [9.17, 15) is 0 Å². The van der Waals surface area contributed by atoms with Gasteiger partial charge in [-0.1, -0.05) is 67.1 Å². The number of rotatable bonds is 7. The molecule has 2 aromatic carbocycles. The van der Waals surface area contributed by atoms with E-state index in [1.165, 1.54) is 16.7 Å². The summed E-state index contributed by atoms with van der Waals surface area (Å²) in [7, 11) is 0. The van der Waals surface area contributed by atoms with E-state index in [4.69, 9.17) is 4.98 Å². The number of hydrogen-bond acceptors (Lipinski definition) is 4. The van der Waals surface area contributed by atoms with Crippen molar-refractivity contribution in [3.8, 4) is 10.6 Å². The average Bonchev–Trinajstić information content (AvgIpc) is 3.25. The lowest BCUT2D eigenvalue weighted by Gasteiger charge is -2.15. The Bertz CT molecular complexity index is 1100. The molecule has 0 radical (unpaired) electrons. The van der Waals surface area contributed by atoms with E-state index in [0.717, 1.165) is 28.5 Å². The Morgan fingerprint density at radius 3 is 2.60 bits per heavy atom. The van der Waals surface area contributed by atoms with Crippen LogP contribution in [0.3, 0.4) is 0 Å². The number of benzene rings is 2. The zero-order valence-electron chi connectivity index (χ0n) is 17.7. The molecule has 2 atom stereocenters. The molecule has 4 aromatic rings. The lowest BCUT2D eigenvalue weighted by Crippen LogP contribution is -2.07. The highest BCUT2D eigenvalue weighted by Crippen LogP contribution is 2.30. The number of thiazole rings is 1. The van der Waals surface area contributed by atoms with Gasteiger partial charge in [0.25, 0.3) is 0 Å². The second kappa shape index (κ2) is 9.23. The molecule has 1 unspecified atom stereocenters. The summed E-state index contributed by atoms with van der Waals surface area (Å²) in [6.45, 7) is 6.54. The summed E-state index contributed by atoms with van der Waals surface area (Å²) in [6, 6.07) is 23.5. The third-order valence-electron chi connectivity index (χ3n) is 5.32. The van der Waals surface area contributed by atoms with Gasteiger partial charge in [-0.25, -0.2) is 9.97 Å². The molecule has 0 saturated carbocycles. The van der Waals surface area contributed by atoms with Crippen LogP contribution in [-0.2, 0) is 6.42 Å². The number of aryl methyl sites for hydroxylation is 1. The van der Waals surface area contributed by atoms with Crippen LogP contribution in [0.2, 0.25) is 0 Å². The Morgan fingerprint density at radius 1 is 0.967 bits per heavy atom. The second-order valence-electron chi connectivity index (χ2n) is 7.88. The van der Waals surface area contributed by atoms with Gasteiger partial charge in [0.1, 0.15) is 10.8 Å². The van der Waals surface area contributed by atoms with Gasteiger partial charge in [0.05, 0.1) is 5.69 Å². The number of aromatic nitrogens is 2. The quantitative estimate of drug-likeness (QED) is 0.353. The van der Waals surface area contributed by atoms with Crippen LogP contribution in [0.25, 0.3) is 10.6 Å². The molecule has 0 amide bonds. The van der Waals surface area contributed by atoms with Gasteiger partial charge in [0.15, 0.2) is 0 Å². The zero-order chi connectivity index (χ0) is 20.9. The minimum atomic E-state index is 0.190. The molecule has 2 aromatic heterocycles. The van der Waals surface area contributed by atoms with E-state index < -0.39 is 0 Å². The number of nitrogens with zero attached hydrogens (tertiary/aromatic N) is 2. The highest BCUT2D eigenvalue weighted by Gasteiger charge is 2.13. The summed E-state index contributed by atoms with van der Waals surface area (Å²) in [5.74, 6) is 1.25. The molecule has 0 spiro atoms. The molecule has 4 rings (SSSR count). The van der Waals surface area contributed by atoms with Crippen molar-refractivity contribution in [2.45, 2.75) is 39.2 Å². The molecule has 152 valence electrons. The van der Waals surface area contributed by atoms with Gasteiger partial charge in [0, 0.05) is 29.1 Å². The molecule has 30 heavy (non-hydrogen) atoms. The number of hydrogen-bond donors (Lipinski definition) is 1. The van der Waals surface area contributed by atoms with Gasteiger partial charge >= 0.3 is 0 Å². The van der Waals surface area contributed by atoms with Crippen LogP contribution in [0.5, 0.6) is 0 Å². The fourth-order valence-electron chi connectivity index (χ4n) is 3.63. The fourth-order valence-corrected chi connectivity index (χ4v) is 4.57. The molecule has 0 saturated heterocycles. The molecular formula is C26H27N3S. The van der Waals surface area contributed by atoms with E-state index in [1.807, 2.05) is 18.3 Å². The van der Waals surface area contributed by atoms with Gasteiger partial charge in [-0.15, -0.1) is 11.3 Å². The van der Waals surface area contributed by atoms with Crippen molar-refractivity contribution < 1.29 is 0 Å². The number of nitrogens with one attached hydrogen (secondary N) is 1. The van der Waals surface area contributed by atoms with E-state index in [1.54, 1.807) is 11.3 Å². The van der Waals surface area contributed by atoms with Crippen LogP contribution in [0.1, 0.15) is 48.2 Å². The molecular weight excluding hydrogens is 386 g/mol. The largest absolute Gasteiger partial charge is 0.364 e. The van der Waals surface area contributed by atoms with Crippen molar-refractivity contribution in [2.24, 2.45) is 0 Å². The first kappa shape index (κ1) is 20.3. The number of anilines is 1. The lowest BCUT2D eigenvalue weighted by molar-refractivity contribution is 0.737. The molecule has 0 aliphatic carbocycles. The maximum atomic E-state index is 4.94. The molecule has 0 fully saturated rings. The van der Waals surface area contributed by atoms with E-state index in [2.05, 4.69) is 91.0 Å². The highest BCUT2D eigenvalue weighted by atomic mass is 32.1. The van der Waals surface area contributed by atoms with Crippen molar-refractivity contribution in [1.82, 2.24) is 9.97 Å². The monoisotopic (exact) mass is 413 g/mol. The first-order chi connectivity index (χ1) is 14.6. The lowest BCUT2D eigenvalue weighted by atomic mass is 9.98. The Morgan fingerprint density at radius 2 is 1.80 bits per heavy atom. The van der Waals surface area contributed by atoms with Crippen molar-refractivity contribution in [2.75, 3.05) is 5.32 Å². The first-order valence-electron chi connectivity index (χ1n) is 10.4. The topological polar surface area (TPSA) is 37.8 Å². The molecule has 0 aliphatic heterocycles. The van der Waals surface area contributed by atoms with Crippen LogP contribution < -0.4 is 5.32 Å². The van der Waals surface area contributed by atoms with Crippen molar-refractivity contribution in [1.29, 1.82) is 0 Å². The average molecular weight is 414 g/mol. The van der Waals surface area contributed by atoms with Gasteiger partial charge in [-0.05, 0) is 43.5 Å². The third-order valence-corrected chi connectivity index (χ3v) is 6.23. The van der Waals surface area contributed by atoms with Crippen molar-refractivity contribution in [3.05, 3.63) is 101 Å². The second-order valence-corrected chi connectivity index (χ2v) is 8.74. The van der Waals surface area contributed by atoms with E-state index in [-0.39, 0.29) is 6.04 Å². The SMILES string of the molecule is Cc1cccc(CC(C)c2csc(-c3ccnc(N[C@@H](C)c4ccccc4)c3)n2)c1. The summed E-state index contributed by atoms with van der Waals surface area (Å²) >= 11 is 1.70. The zero-order valence-corrected chi connectivity index (χ0v) is 18.5. The summed E-state index contributed by atoms with van der Waals surface area (Å²) in [6.07, 6.45) is 2.86. The van der Waals surface area contributed by atoms with Crippen LogP contribution in [-0.4, -0.2) is 9.97 Å². The third kappa shape index (κ3) is 4.95. The van der Waals surface area contributed by atoms with Crippen LogP contribution in [0.15, 0.2) is 78.3 Å². The summed E-state index contributed by atoms with van der Waals surface area (Å²) in [5, 5.41) is 6.73. The molecule has 0 bridgehead atoms. The summed E-state index contributed by atoms with van der Waals surface area (Å²) in [4.78, 5) is 9.44. The van der Waals surface area contributed by atoms with Crippen molar-refractivity contribution >= 4 is 17.2 Å². The van der Waals surface area contributed by atoms with Gasteiger partial charge in [0.2, 0.25) is 0 Å². The minimum absolute atomic E-state index is 0.190. The Labute approximate surface area is 182 Å². The standard InChI is InChI=1S/C26H27N3S/c1-18-8-7-9-21(14-18)15-19(2)24-17-30-26(29-24)23-12-13-27-25(16-23)28-20(3)22-10-5-4-6-11-22/h4-14,16-17,19-20H,15H2,1-3H3,(H,27,28)/t19?,20-/m0/s1. The smallest absolute Gasteiger partial charge is 0.127 e. The molecule has 3 nitrogen and oxygen atoms in total. The van der Waals surface area contributed by atoms with Crippen LogP contribution in [0.4, 0.5) is 5.82 Å².